The molecule has 0 atom stereocenters. The molecule has 1 aliphatic carbocycles. The van der Waals surface area contributed by atoms with Gasteiger partial charge in [-0.2, -0.15) is 0 Å². The minimum atomic E-state index is -0.525. The monoisotopic (exact) mass is 329 g/mol. The molecule has 1 aliphatic rings. The van der Waals surface area contributed by atoms with Crippen molar-refractivity contribution in [3.63, 3.8) is 0 Å². The van der Waals surface area contributed by atoms with E-state index in [1.54, 1.807) is 6.07 Å². The highest BCUT2D eigenvalue weighted by molar-refractivity contribution is 6.33. The number of nitrogens with one attached hydrogen (secondary N) is 1. The molecule has 0 radical (unpaired) electrons. The van der Waals surface area contributed by atoms with Gasteiger partial charge in [0, 0.05) is 18.2 Å². The van der Waals surface area contributed by atoms with Crippen molar-refractivity contribution in [2.75, 3.05) is 11.9 Å². The smallest absolute Gasteiger partial charge is 0.250 e. The van der Waals surface area contributed by atoms with E-state index in [-0.39, 0.29) is 5.41 Å². The molecule has 3 N–H and O–H groups in total. The zero-order chi connectivity index (χ0) is 16.3. The molecule has 5 heteroatoms. The number of amides is 1. The highest BCUT2D eigenvalue weighted by Crippen LogP contribution is 2.41. The Morgan fingerprint density at radius 2 is 1.96 bits per heavy atom. The van der Waals surface area contributed by atoms with Gasteiger partial charge in [0.1, 0.15) is 5.82 Å². The summed E-state index contributed by atoms with van der Waals surface area (Å²) in [5, 5.41) is 3.78. The number of aromatic nitrogens is 1. The van der Waals surface area contributed by atoms with Gasteiger partial charge in [0.25, 0.3) is 0 Å². The van der Waals surface area contributed by atoms with E-state index in [1.165, 1.54) is 24.6 Å². The molecule has 1 heterocycles. The second-order valence-electron chi connectivity index (χ2n) is 6.13. The Kier molecular flexibility index (Phi) is 4.53. The largest absolute Gasteiger partial charge is 0.368 e. The number of rotatable bonds is 5. The molecule has 1 amide bonds. The van der Waals surface area contributed by atoms with Crippen molar-refractivity contribution in [3.05, 3.63) is 58.7 Å². The number of carbonyl (C=O) groups is 1. The van der Waals surface area contributed by atoms with Crippen LogP contribution in [0.15, 0.2) is 42.6 Å². The first-order chi connectivity index (χ1) is 11.1. The molecule has 1 saturated carbocycles. The fraction of sp³-hybridized carbons (Fsp3) is 0.333. The van der Waals surface area contributed by atoms with Gasteiger partial charge in [-0.05, 0) is 24.5 Å². The van der Waals surface area contributed by atoms with Crippen LogP contribution < -0.4 is 11.1 Å². The Morgan fingerprint density at radius 1 is 1.26 bits per heavy atom. The van der Waals surface area contributed by atoms with Crippen LogP contribution in [0.2, 0.25) is 5.02 Å². The van der Waals surface area contributed by atoms with E-state index >= 15 is 0 Å². The first-order valence-corrected chi connectivity index (χ1v) is 8.23. The Bertz CT molecular complexity index is 697. The number of pyridine rings is 1. The number of hydrogen-bond donors (Lipinski definition) is 2. The van der Waals surface area contributed by atoms with Crippen molar-refractivity contribution >= 4 is 23.3 Å². The van der Waals surface area contributed by atoms with Crippen LogP contribution in [0.4, 0.5) is 5.82 Å². The van der Waals surface area contributed by atoms with Gasteiger partial charge in [-0.3, -0.25) is 4.79 Å². The third kappa shape index (κ3) is 3.32. The summed E-state index contributed by atoms with van der Waals surface area (Å²) in [5.41, 5.74) is 7.04. The van der Waals surface area contributed by atoms with E-state index in [1.807, 2.05) is 6.07 Å². The number of primary amides is 1. The lowest BCUT2D eigenvalue weighted by Crippen LogP contribution is -2.31. The maximum Gasteiger partial charge on any atom is 0.250 e. The molecule has 0 unspecified atom stereocenters. The van der Waals surface area contributed by atoms with E-state index in [4.69, 9.17) is 17.3 Å². The molecule has 1 aromatic carbocycles. The normalized spacial score (nSPS) is 16.2. The zero-order valence-electron chi connectivity index (χ0n) is 12.9. The summed E-state index contributed by atoms with van der Waals surface area (Å²) in [6, 6.07) is 12.2. The fourth-order valence-electron chi connectivity index (χ4n) is 3.37. The summed E-state index contributed by atoms with van der Waals surface area (Å²) < 4.78 is 0. The molecular weight excluding hydrogens is 310 g/mol. The highest BCUT2D eigenvalue weighted by Gasteiger charge is 2.35. The fourth-order valence-corrected chi connectivity index (χ4v) is 3.60. The average molecular weight is 330 g/mol. The summed E-state index contributed by atoms with van der Waals surface area (Å²) >= 11 is 6.22. The van der Waals surface area contributed by atoms with Gasteiger partial charge < -0.3 is 11.1 Å². The van der Waals surface area contributed by atoms with Crippen LogP contribution in [-0.4, -0.2) is 17.4 Å². The van der Waals surface area contributed by atoms with Crippen molar-refractivity contribution in [1.82, 2.24) is 4.98 Å². The van der Waals surface area contributed by atoms with E-state index in [9.17, 15) is 4.79 Å². The van der Waals surface area contributed by atoms with Crippen molar-refractivity contribution in [1.29, 1.82) is 0 Å². The standard InChI is InChI=1S/C18H20ClN3O/c19-15-10-13(16(20)23)11-21-17(15)22-12-18(8-4-5-9-18)14-6-2-1-3-7-14/h1-3,6-7,10-11H,4-5,8-9,12H2,(H2,20,23)(H,21,22). The number of halogens is 1. The lowest BCUT2D eigenvalue weighted by atomic mass is 9.79. The van der Waals surface area contributed by atoms with Crippen LogP contribution >= 0.6 is 11.6 Å². The quantitative estimate of drug-likeness (QED) is 0.877. The summed E-state index contributed by atoms with van der Waals surface area (Å²) in [7, 11) is 0. The Hall–Kier alpha value is -2.07. The van der Waals surface area contributed by atoms with E-state index < -0.39 is 5.91 Å². The van der Waals surface area contributed by atoms with Crippen molar-refractivity contribution in [2.45, 2.75) is 31.1 Å². The highest BCUT2D eigenvalue weighted by atomic mass is 35.5. The number of carbonyl (C=O) groups excluding carboxylic acids is 1. The topological polar surface area (TPSA) is 68.0 Å². The minimum absolute atomic E-state index is 0.120. The first-order valence-electron chi connectivity index (χ1n) is 7.85. The van der Waals surface area contributed by atoms with Crippen LogP contribution in [0, 0.1) is 0 Å². The molecule has 4 nitrogen and oxygen atoms in total. The third-order valence-corrected chi connectivity index (χ3v) is 4.95. The van der Waals surface area contributed by atoms with Gasteiger partial charge >= 0.3 is 0 Å². The van der Waals surface area contributed by atoms with E-state index in [0.717, 1.165) is 19.4 Å². The molecule has 23 heavy (non-hydrogen) atoms. The predicted molar refractivity (Wildman–Crippen MR) is 92.8 cm³/mol. The Morgan fingerprint density at radius 3 is 2.57 bits per heavy atom. The molecule has 1 aromatic heterocycles. The number of anilines is 1. The first kappa shape index (κ1) is 15.8. The molecule has 2 aromatic rings. The number of benzene rings is 1. The summed E-state index contributed by atoms with van der Waals surface area (Å²) in [6.07, 6.45) is 6.24. The summed E-state index contributed by atoms with van der Waals surface area (Å²) in [6.45, 7) is 0.777. The molecular formula is C18H20ClN3O. The van der Waals surface area contributed by atoms with Crippen LogP contribution in [0.5, 0.6) is 0 Å². The van der Waals surface area contributed by atoms with Gasteiger partial charge in [0.2, 0.25) is 5.91 Å². The van der Waals surface area contributed by atoms with E-state index in [0.29, 0.717) is 16.4 Å². The zero-order valence-corrected chi connectivity index (χ0v) is 13.6. The van der Waals surface area contributed by atoms with Crippen molar-refractivity contribution in [3.8, 4) is 0 Å². The van der Waals surface area contributed by atoms with Gasteiger partial charge in [0.05, 0.1) is 10.6 Å². The minimum Gasteiger partial charge on any atom is -0.368 e. The number of hydrogen-bond acceptors (Lipinski definition) is 3. The maximum atomic E-state index is 11.2. The maximum absolute atomic E-state index is 11.2. The molecule has 3 rings (SSSR count). The molecule has 0 saturated heterocycles. The molecule has 120 valence electrons. The summed E-state index contributed by atoms with van der Waals surface area (Å²) in [5.74, 6) is 0.0707. The number of nitrogens with two attached hydrogens (primary N) is 1. The van der Waals surface area contributed by atoms with Crippen LogP contribution in [-0.2, 0) is 5.41 Å². The Labute approximate surface area is 141 Å². The predicted octanol–water partition coefficient (Wildman–Crippen LogP) is 3.76. The molecule has 0 bridgehead atoms. The lowest BCUT2D eigenvalue weighted by molar-refractivity contribution is 0.1000. The number of nitrogens with zero attached hydrogens (tertiary/aromatic N) is 1. The second kappa shape index (κ2) is 6.59. The van der Waals surface area contributed by atoms with Crippen LogP contribution in [0.25, 0.3) is 0 Å². The van der Waals surface area contributed by atoms with Gasteiger partial charge in [-0.1, -0.05) is 54.8 Å². The summed E-state index contributed by atoms with van der Waals surface area (Å²) in [4.78, 5) is 15.4. The van der Waals surface area contributed by atoms with Gasteiger partial charge in [-0.25, -0.2) is 4.98 Å². The van der Waals surface area contributed by atoms with Crippen LogP contribution in [0.3, 0.4) is 0 Å². The molecule has 0 aliphatic heterocycles. The van der Waals surface area contributed by atoms with Gasteiger partial charge in [-0.15, -0.1) is 0 Å². The Balaban J connectivity index is 1.79. The van der Waals surface area contributed by atoms with E-state index in [2.05, 4.69) is 34.6 Å². The van der Waals surface area contributed by atoms with Crippen LogP contribution in [0.1, 0.15) is 41.6 Å². The second-order valence-corrected chi connectivity index (χ2v) is 6.53. The lowest BCUT2D eigenvalue weighted by Gasteiger charge is -2.30. The average Bonchev–Trinajstić information content (AvgIpc) is 3.04. The van der Waals surface area contributed by atoms with Crippen molar-refractivity contribution < 1.29 is 4.79 Å². The molecule has 0 spiro atoms. The van der Waals surface area contributed by atoms with Gasteiger partial charge in [0.15, 0.2) is 0 Å². The SMILES string of the molecule is NC(=O)c1cnc(NCC2(c3ccccc3)CCCC2)c(Cl)c1. The third-order valence-electron chi connectivity index (χ3n) is 4.67. The van der Waals surface area contributed by atoms with Crippen molar-refractivity contribution in [2.24, 2.45) is 5.73 Å². The molecule has 1 fully saturated rings.